The van der Waals surface area contributed by atoms with Crippen molar-refractivity contribution in [2.75, 3.05) is 33.1 Å². The van der Waals surface area contributed by atoms with E-state index in [1.54, 1.807) is 7.11 Å². The van der Waals surface area contributed by atoms with Crippen LogP contribution in [0.5, 0.6) is 5.75 Å². The monoisotopic (exact) mass is 241 g/mol. The molecule has 0 aliphatic rings. The van der Waals surface area contributed by atoms with Gasteiger partial charge in [-0.25, -0.2) is 0 Å². The van der Waals surface area contributed by atoms with Crippen LogP contribution in [0.1, 0.15) is 12.0 Å². The van der Waals surface area contributed by atoms with Gasteiger partial charge in [0, 0.05) is 12.4 Å². The van der Waals surface area contributed by atoms with Gasteiger partial charge in [0.1, 0.15) is 5.75 Å². The molecule has 0 saturated heterocycles. The molecular weight excluding hydrogens is 222 g/mol. The van der Waals surface area contributed by atoms with Crippen LogP contribution in [0.15, 0.2) is 24.3 Å². The van der Waals surface area contributed by atoms with Gasteiger partial charge in [-0.05, 0) is 44.1 Å². The number of ether oxygens (including phenoxy) is 1. The highest BCUT2D eigenvalue weighted by molar-refractivity contribution is 6.17. The summed E-state index contributed by atoms with van der Waals surface area (Å²) in [7, 11) is 3.82. The van der Waals surface area contributed by atoms with Crippen LogP contribution in [0.3, 0.4) is 0 Å². The van der Waals surface area contributed by atoms with Crippen molar-refractivity contribution in [2.45, 2.75) is 12.8 Å². The maximum atomic E-state index is 5.66. The molecule has 0 heterocycles. The number of rotatable bonds is 7. The predicted molar refractivity (Wildman–Crippen MR) is 69.5 cm³/mol. The van der Waals surface area contributed by atoms with E-state index >= 15 is 0 Å². The molecule has 0 saturated carbocycles. The summed E-state index contributed by atoms with van der Waals surface area (Å²) in [5.41, 5.74) is 1.35. The second-order valence-electron chi connectivity index (χ2n) is 3.94. The minimum atomic E-state index is 0.743. The first kappa shape index (κ1) is 13.3. The number of benzene rings is 1. The third-order valence-corrected chi connectivity index (χ3v) is 2.88. The van der Waals surface area contributed by atoms with Crippen molar-refractivity contribution in [1.29, 1.82) is 0 Å². The molecule has 0 aliphatic carbocycles. The SMILES string of the molecule is COc1ccc(CCN(C)CCCCl)cc1. The van der Waals surface area contributed by atoms with Crippen LogP contribution < -0.4 is 4.74 Å². The van der Waals surface area contributed by atoms with Crippen molar-refractivity contribution >= 4 is 11.6 Å². The Hall–Kier alpha value is -0.730. The summed E-state index contributed by atoms with van der Waals surface area (Å²) >= 11 is 5.66. The summed E-state index contributed by atoms with van der Waals surface area (Å²) in [6.45, 7) is 2.14. The summed E-state index contributed by atoms with van der Waals surface area (Å²) < 4.78 is 5.12. The molecule has 1 rings (SSSR count). The minimum absolute atomic E-state index is 0.743. The summed E-state index contributed by atoms with van der Waals surface area (Å²) in [6, 6.07) is 8.25. The van der Waals surface area contributed by atoms with Crippen LogP contribution >= 0.6 is 11.6 Å². The molecule has 1 aromatic rings. The first-order valence-corrected chi connectivity index (χ1v) is 6.17. The number of nitrogens with zero attached hydrogens (tertiary/aromatic N) is 1. The summed E-state index contributed by atoms with van der Waals surface area (Å²) in [5, 5.41) is 0. The van der Waals surface area contributed by atoms with E-state index in [0.29, 0.717) is 0 Å². The standard InChI is InChI=1S/C13H20ClNO/c1-15(10-3-9-14)11-8-12-4-6-13(16-2)7-5-12/h4-7H,3,8-11H2,1-2H3. The Morgan fingerprint density at radius 1 is 1.19 bits per heavy atom. The molecule has 0 N–H and O–H groups in total. The third-order valence-electron chi connectivity index (χ3n) is 2.61. The quantitative estimate of drug-likeness (QED) is 0.681. The molecule has 0 fully saturated rings. The molecular formula is C13H20ClNO. The molecule has 90 valence electrons. The van der Waals surface area contributed by atoms with Crippen molar-refractivity contribution < 1.29 is 4.74 Å². The lowest BCUT2D eigenvalue weighted by Gasteiger charge is -2.15. The number of hydrogen-bond acceptors (Lipinski definition) is 2. The largest absolute Gasteiger partial charge is 0.497 e. The van der Waals surface area contributed by atoms with Gasteiger partial charge in [0.05, 0.1) is 7.11 Å². The zero-order chi connectivity index (χ0) is 11.8. The molecule has 3 heteroatoms. The van der Waals surface area contributed by atoms with Gasteiger partial charge >= 0.3 is 0 Å². The Balaban J connectivity index is 2.30. The lowest BCUT2D eigenvalue weighted by atomic mass is 10.1. The lowest BCUT2D eigenvalue weighted by Crippen LogP contribution is -2.22. The second-order valence-corrected chi connectivity index (χ2v) is 4.32. The molecule has 0 aromatic heterocycles. The van der Waals surface area contributed by atoms with E-state index in [-0.39, 0.29) is 0 Å². The first-order chi connectivity index (χ1) is 7.76. The fraction of sp³-hybridized carbons (Fsp3) is 0.538. The average Bonchev–Trinajstić information content (AvgIpc) is 2.34. The van der Waals surface area contributed by atoms with Gasteiger partial charge in [0.2, 0.25) is 0 Å². The van der Waals surface area contributed by atoms with E-state index in [2.05, 4.69) is 24.1 Å². The Bertz CT molecular complexity index is 286. The van der Waals surface area contributed by atoms with E-state index < -0.39 is 0 Å². The van der Waals surface area contributed by atoms with Gasteiger partial charge in [0.15, 0.2) is 0 Å². The van der Waals surface area contributed by atoms with E-state index in [1.807, 2.05) is 12.1 Å². The normalized spacial score (nSPS) is 10.8. The number of halogens is 1. The molecule has 0 amide bonds. The molecule has 16 heavy (non-hydrogen) atoms. The van der Waals surface area contributed by atoms with Crippen LogP contribution in [0.2, 0.25) is 0 Å². The molecule has 0 aliphatic heterocycles. The van der Waals surface area contributed by atoms with Crippen molar-refractivity contribution in [1.82, 2.24) is 4.90 Å². The first-order valence-electron chi connectivity index (χ1n) is 5.63. The zero-order valence-electron chi connectivity index (χ0n) is 10.1. The fourth-order valence-electron chi connectivity index (χ4n) is 1.55. The maximum Gasteiger partial charge on any atom is 0.118 e. The Morgan fingerprint density at radius 3 is 2.44 bits per heavy atom. The highest BCUT2D eigenvalue weighted by atomic mass is 35.5. The van der Waals surface area contributed by atoms with Gasteiger partial charge in [0.25, 0.3) is 0 Å². The molecule has 1 aromatic carbocycles. The highest BCUT2D eigenvalue weighted by Crippen LogP contribution is 2.11. The highest BCUT2D eigenvalue weighted by Gasteiger charge is 1.99. The summed E-state index contributed by atoms with van der Waals surface area (Å²) in [5.74, 6) is 1.66. The van der Waals surface area contributed by atoms with Crippen molar-refractivity contribution in [3.8, 4) is 5.75 Å². The molecule has 2 nitrogen and oxygen atoms in total. The van der Waals surface area contributed by atoms with Gasteiger partial charge in [-0.3, -0.25) is 0 Å². The maximum absolute atomic E-state index is 5.66. The van der Waals surface area contributed by atoms with E-state index in [0.717, 1.165) is 37.6 Å². The molecule has 0 bridgehead atoms. The number of hydrogen-bond donors (Lipinski definition) is 0. The van der Waals surface area contributed by atoms with Crippen LogP contribution in [-0.4, -0.2) is 38.0 Å². The van der Waals surface area contributed by atoms with E-state index in [9.17, 15) is 0 Å². The van der Waals surface area contributed by atoms with E-state index in [1.165, 1.54) is 5.56 Å². The van der Waals surface area contributed by atoms with Crippen molar-refractivity contribution in [3.05, 3.63) is 29.8 Å². The Morgan fingerprint density at radius 2 is 1.88 bits per heavy atom. The lowest BCUT2D eigenvalue weighted by molar-refractivity contribution is 0.340. The zero-order valence-corrected chi connectivity index (χ0v) is 10.8. The smallest absolute Gasteiger partial charge is 0.118 e. The van der Waals surface area contributed by atoms with Crippen molar-refractivity contribution in [2.24, 2.45) is 0 Å². The summed E-state index contributed by atoms with van der Waals surface area (Å²) in [4.78, 5) is 2.31. The van der Waals surface area contributed by atoms with Crippen LogP contribution in [0.25, 0.3) is 0 Å². The predicted octanol–water partition coefficient (Wildman–Crippen LogP) is 2.80. The number of likely N-dealkylation sites (N-methyl/N-ethyl adjacent to an activating group) is 1. The second kappa shape index (κ2) is 7.53. The molecule has 0 radical (unpaired) electrons. The molecule has 0 unspecified atom stereocenters. The summed E-state index contributed by atoms with van der Waals surface area (Å²) in [6.07, 6.45) is 2.13. The number of methoxy groups -OCH3 is 1. The van der Waals surface area contributed by atoms with Gasteiger partial charge in [-0.1, -0.05) is 12.1 Å². The van der Waals surface area contributed by atoms with Crippen LogP contribution in [0, 0.1) is 0 Å². The topological polar surface area (TPSA) is 12.5 Å². The minimum Gasteiger partial charge on any atom is -0.497 e. The average molecular weight is 242 g/mol. The number of alkyl halides is 1. The van der Waals surface area contributed by atoms with Crippen molar-refractivity contribution in [3.63, 3.8) is 0 Å². The van der Waals surface area contributed by atoms with Crippen LogP contribution in [-0.2, 0) is 6.42 Å². The van der Waals surface area contributed by atoms with Gasteiger partial charge < -0.3 is 9.64 Å². The fourth-order valence-corrected chi connectivity index (χ4v) is 1.67. The molecule has 0 atom stereocenters. The van der Waals surface area contributed by atoms with Gasteiger partial charge in [-0.2, -0.15) is 0 Å². The molecule has 0 spiro atoms. The Labute approximate surface area is 103 Å². The third kappa shape index (κ3) is 4.86. The van der Waals surface area contributed by atoms with Crippen LogP contribution in [0.4, 0.5) is 0 Å². The van der Waals surface area contributed by atoms with E-state index in [4.69, 9.17) is 16.3 Å². The Kier molecular flexibility index (Phi) is 6.27. The van der Waals surface area contributed by atoms with Gasteiger partial charge in [-0.15, -0.1) is 11.6 Å².